The molecule has 3 heteroatoms. The van der Waals surface area contributed by atoms with Gasteiger partial charge in [-0.2, -0.15) is 0 Å². The molecule has 1 saturated carbocycles. The predicted octanol–water partition coefficient (Wildman–Crippen LogP) is 2.17. The fourth-order valence-corrected chi connectivity index (χ4v) is 2.39. The van der Waals surface area contributed by atoms with Crippen molar-refractivity contribution < 1.29 is 0 Å². The van der Waals surface area contributed by atoms with Gasteiger partial charge in [0.1, 0.15) is 5.82 Å². The summed E-state index contributed by atoms with van der Waals surface area (Å²) in [6.45, 7) is 1.11. The Balaban J connectivity index is 1.81. The molecule has 0 bridgehead atoms. The second-order valence-electron chi connectivity index (χ2n) is 4.62. The van der Waals surface area contributed by atoms with Crippen molar-refractivity contribution in [2.45, 2.75) is 44.1 Å². The minimum Gasteiger partial charge on any atom is -0.307 e. The average Bonchev–Trinajstić information content (AvgIpc) is 2.68. The van der Waals surface area contributed by atoms with Gasteiger partial charge in [-0.25, -0.2) is 9.97 Å². The predicted molar refractivity (Wildman–Crippen MR) is 58.6 cm³/mol. The van der Waals surface area contributed by atoms with Crippen molar-refractivity contribution >= 4 is 0 Å². The van der Waals surface area contributed by atoms with Gasteiger partial charge in [0.2, 0.25) is 0 Å². The lowest BCUT2D eigenvalue weighted by atomic mass is 9.83. The van der Waals surface area contributed by atoms with E-state index in [4.69, 9.17) is 4.98 Å². The van der Waals surface area contributed by atoms with Crippen LogP contribution in [0.3, 0.4) is 0 Å². The SMILES string of the molecule is c1cc(C2CCC2)nc(C2CCCN2)n1. The van der Waals surface area contributed by atoms with Crippen LogP contribution in [0.1, 0.15) is 55.6 Å². The van der Waals surface area contributed by atoms with E-state index in [0.717, 1.165) is 12.4 Å². The Hall–Kier alpha value is -0.960. The molecule has 2 heterocycles. The first-order valence-electron chi connectivity index (χ1n) is 6.00. The zero-order valence-electron chi connectivity index (χ0n) is 8.95. The highest BCUT2D eigenvalue weighted by molar-refractivity contribution is 5.13. The Morgan fingerprint density at radius 3 is 2.80 bits per heavy atom. The van der Waals surface area contributed by atoms with Gasteiger partial charge in [-0.15, -0.1) is 0 Å². The molecule has 2 fully saturated rings. The van der Waals surface area contributed by atoms with Crippen LogP contribution in [0.15, 0.2) is 12.3 Å². The van der Waals surface area contributed by atoms with Crippen LogP contribution in [0.4, 0.5) is 0 Å². The number of nitrogens with zero attached hydrogens (tertiary/aromatic N) is 2. The van der Waals surface area contributed by atoms with Crippen molar-refractivity contribution in [1.29, 1.82) is 0 Å². The molecule has 1 atom stereocenters. The molecule has 1 aromatic heterocycles. The summed E-state index contributed by atoms with van der Waals surface area (Å²) in [4.78, 5) is 9.09. The zero-order chi connectivity index (χ0) is 10.1. The molecule has 1 aromatic rings. The summed E-state index contributed by atoms with van der Waals surface area (Å²) < 4.78 is 0. The van der Waals surface area contributed by atoms with Crippen LogP contribution < -0.4 is 5.32 Å². The van der Waals surface area contributed by atoms with E-state index in [1.54, 1.807) is 0 Å². The van der Waals surface area contributed by atoms with Gasteiger partial charge in [0, 0.05) is 17.8 Å². The van der Waals surface area contributed by atoms with Crippen LogP contribution in [-0.2, 0) is 0 Å². The van der Waals surface area contributed by atoms with Crippen LogP contribution in [0.5, 0.6) is 0 Å². The molecular weight excluding hydrogens is 186 g/mol. The van der Waals surface area contributed by atoms with Crippen LogP contribution in [0, 0.1) is 0 Å². The van der Waals surface area contributed by atoms with Gasteiger partial charge in [-0.3, -0.25) is 0 Å². The Bertz CT molecular complexity index is 340. The Morgan fingerprint density at radius 1 is 1.20 bits per heavy atom. The number of hydrogen-bond acceptors (Lipinski definition) is 3. The fourth-order valence-electron chi connectivity index (χ4n) is 2.39. The number of aromatic nitrogens is 2. The minimum atomic E-state index is 0.407. The van der Waals surface area contributed by atoms with Crippen molar-refractivity contribution in [1.82, 2.24) is 15.3 Å². The lowest BCUT2D eigenvalue weighted by molar-refractivity contribution is 0.407. The van der Waals surface area contributed by atoms with E-state index in [1.165, 1.54) is 37.8 Å². The quantitative estimate of drug-likeness (QED) is 0.800. The van der Waals surface area contributed by atoms with Gasteiger partial charge in [0.25, 0.3) is 0 Å². The Kier molecular flexibility index (Phi) is 2.41. The molecule has 0 radical (unpaired) electrons. The van der Waals surface area contributed by atoms with Gasteiger partial charge < -0.3 is 5.32 Å². The first-order chi connectivity index (χ1) is 7.43. The maximum atomic E-state index is 4.70. The van der Waals surface area contributed by atoms with E-state index in [-0.39, 0.29) is 0 Å². The molecule has 1 aliphatic heterocycles. The summed E-state index contributed by atoms with van der Waals surface area (Å²) in [6, 6.07) is 2.49. The maximum absolute atomic E-state index is 4.70. The molecule has 3 nitrogen and oxygen atoms in total. The van der Waals surface area contributed by atoms with E-state index in [2.05, 4.69) is 16.4 Å². The van der Waals surface area contributed by atoms with Crippen molar-refractivity contribution in [3.63, 3.8) is 0 Å². The van der Waals surface area contributed by atoms with Crippen LogP contribution in [0.2, 0.25) is 0 Å². The van der Waals surface area contributed by atoms with E-state index >= 15 is 0 Å². The van der Waals surface area contributed by atoms with Gasteiger partial charge in [-0.05, 0) is 38.3 Å². The Morgan fingerprint density at radius 2 is 2.13 bits per heavy atom. The molecule has 1 saturated heterocycles. The molecule has 80 valence electrons. The summed E-state index contributed by atoms with van der Waals surface area (Å²) in [5.74, 6) is 1.73. The van der Waals surface area contributed by atoms with Gasteiger partial charge in [0.15, 0.2) is 0 Å². The van der Waals surface area contributed by atoms with Crippen LogP contribution >= 0.6 is 0 Å². The summed E-state index contributed by atoms with van der Waals surface area (Å²) in [6.07, 6.45) is 8.36. The van der Waals surface area contributed by atoms with Crippen molar-refractivity contribution in [2.75, 3.05) is 6.54 Å². The Labute approximate surface area is 90.3 Å². The largest absolute Gasteiger partial charge is 0.307 e. The zero-order valence-corrected chi connectivity index (χ0v) is 8.95. The molecule has 0 spiro atoms. The lowest BCUT2D eigenvalue weighted by Crippen LogP contribution is -2.18. The molecule has 0 amide bonds. The normalized spacial score (nSPS) is 26.5. The highest BCUT2D eigenvalue weighted by atomic mass is 15.0. The second kappa shape index (κ2) is 3.89. The standard InChI is InChI=1S/C12H17N3/c1-3-9(4-1)10-6-8-14-12(15-10)11-5-2-7-13-11/h6,8-9,11,13H,1-5,7H2. The van der Waals surface area contributed by atoms with E-state index in [9.17, 15) is 0 Å². The van der Waals surface area contributed by atoms with Gasteiger partial charge in [0.05, 0.1) is 6.04 Å². The third kappa shape index (κ3) is 1.76. The number of nitrogens with one attached hydrogen (secondary N) is 1. The highest BCUT2D eigenvalue weighted by Gasteiger charge is 2.23. The lowest BCUT2D eigenvalue weighted by Gasteiger charge is -2.25. The van der Waals surface area contributed by atoms with E-state index in [0.29, 0.717) is 12.0 Å². The molecule has 1 N–H and O–H groups in total. The van der Waals surface area contributed by atoms with Crippen molar-refractivity contribution in [3.05, 3.63) is 23.8 Å². The molecule has 0 aromatic carbocycles. The maximum Gasteiger partial charge on any atom is 0.145 e. The molecule has 15 heavy (non-hydrogen) atoms. The third-order valence-corrected chi connectivity index (χ3v) is 3.59. The van der Waals surface area contributed by atoms with Crippen molar-refractivity contribution in [2.24, 2.45) is 0 Å². The molecule has 3 rings (SSSR count). The summed E-state index contributed by atoms with van der Waals surface area (Å²) in [5.41, 5.74) is 1.26. The molecule has 1 unspecified atom stereocenters. The molecule has 1 aliphatic carbocycles. The minimum absolute atomic E-state index is 0.407. The van der Waals surface area contributed by atoms with E-state index < -0.39 is 0 Å². The summed E-state index contributed by atoms with van der Waals surface area (Å²) in [5, 5.41) is 3.45. The topological polar surface area (TPSA) is 37.8 Å². The highest BCUT2D eigenvalue weighted by Crippen LogP contribution is 2.35. The molecule has 2 aliphatic rings. The second-order valence-corrected chi connectivity index (χ2v) is 4.62. The van der Waals surface area contributed by atoms with Crippen LogP contribution in [0.25, 0.3) is 0 Å². The number of rotatable bonds is 2. The van der Waals surface area contributed by atoms with Crippen molar-refractivity contribution in [3.8, 4) is 0 Å². The summed E-state index contributed by atoms with van der Waals surface area (Å²) >= 11 is 0. The van der Waals surface area contributed by atoms with Crippen LogP contribution in [-0.4, -0.2) is 16.5 Å². The van der Waals surface area contributed by atoms with E-state index in [1.807, 2.05) is 6.20 Å². The number of hydrogen-bond donors (Lipinski definition) is 1. The first-order valence-corrected chi connectivity index (χ1v) is 6.00. The average molecular weight is 203 g/mol. The first kappa shape index (κ1) is 9.28. The third-order valence-electron chi connectivity index (χ3n) is 3.59. The monoisotopic (exact) mass is 203 g/mol. The van der Waals surface area contributed by atoms with Gasteiger partial charge in [-0.1, -0.05) is 6.42 Å². The molecular formula is C12H17N3. The summed E-state index contributed by atoms with van der Waals surface area (Å²) in [7, 11) is 0. The fraction of sp³-hybridized carbons (Fsp3) is 0.667. The van der Waals surface area contributed by atoms with Gasteiger partial charge >= 0.3 is 0 Å². The smallest absolute Gasteiger partial charge is 0.145 e.